The number of hydrogen-bond acceptors (Lipinski definition) is 6. The Morgan fingerprint density at radius 3 is 2.56 bits per heavy atom. The Morgan fingerprint density at radius 1 is 1.24 bits per heavy atom. The van der Waals surface area contributed by atoms with Gasteiger partial charge in [-0.15, -0.1) is 0 Å². The van der Waals surface area contributed by atoms with Crippen LogP contribution in [-0.4, -0.2) is 36.1 Å². The number of amides is 4. The molecule has 0 bridgehead atoms. The first-order valence-corrected chi connectivity index (χ1v) is 7.71. The van der Waals surface area contributed by atoms with Gasteiger partial charge in [-0.2, -0.15) is 5.10 Å². The average Bonchev–Trinajstić information content (AvgIpc) is 2.61. The third-order valence-corrected chi connectivity index (χ3v) is 3.28. The van der Waals surface area contributed by atoms with Crippen LogP contribution in [0.1, 0.15) is 31.4 Å². The maximum Gasteiger partial charge on any atom is 0.355 e. The molecule has 0 spiro atoms. The van der Waals surface area contributed by atoms with Crippen LogP contribution in [0.5, 0.6) is 0 Å². The van der Waals surface area contributed by atoms with Crippen molar-refractivity contribution in [3.8, 4) is 0 Å². The van der Waals surface area contributed by atoms with E-state index in [2.05, 4.69) is 21.2 Å². The Labute approximate surface area is 143 Å². The highest BCUT2D eigenvalue weighted by Crippen LogP contribution is 2.19. The maximum atomic E-state index is 12.3. The van der Waals surface area contributed by atoms with Crippen LogP contribution in [0.25, 0.3) is 0 Å². The molecule has 3 N–H and O–H groups in total. The predicted octanol–water partition coefficient (Wildman–Crippen LogP) is 0.383. The minimum Gasteiger partial charge on any atom is -0.443 e. The average molecular weight is 346 g/mol. The van der Waals surface area contributed by atoms with Crippen molar-refractivity contribution < 1.29 is 23.9 Å². The number of nitrogens with zero attached hydrogens (tertiary/aromatic N) is 1. The Hall–Kier alpha value is -3.23. The van der Waals surface area contributed by atoms with Gasteiger partial charge in [0.05, 0.1) is 0 Å². The topological polar surface area (TPSA) is 126 Å². The van der Waals surface area contributed by atoms with Crippen LogP contribution in [0.4, 0.5) is 4.79 Å². The summed E-state index contributed by atoms with van der Waals surface area (Å²) in [6.45, 7) is 2.04. The highest BCUT2D eigenvalue weighted by Gasteiger charge is 2.29. The molecule has 2 rings (SSSR count). The molecule has 4 amide bonds. The third kappa shape index (κ3) is 5.13. The van der Waals surface area contributed by atoms with Crippen molar-refractivity contribution >= 4 is 29.5 Å². The molecule has 1 aliphatic heterocycles. The number of urea groups is 1. The van der Waals surface area contributed by atoms with Gasteiger partial charge in [0.25, 0.3) is 5.91 Å². The van der Waals surface area contributed by atoms with Gasteiger partial charge in [0.15, 0.2) is 0 Å². The number of ether oxygens (including phenoxy) is 1. The van der Waals surface area contributed by atoms with Crippen molar-refractivity contribution in [2.75, 3.05) is 6.54 Å². The first-order valence-electron chi connectivity index (χ1n) is 7.71. The fourth-order valence-electron chi connectivity index (χ4n) is 2.08. The van der Waals surface area contributed by atoms with Crippen LogP contribution >= 0.6 is 0 Å². The van der Waals surface area contributed by atoms with Crippen LogP contribution in [0.3, 0.4) is 0 Å². The molecule has 0 saturated heterocycles. The zero-order valence-corrected chi connectivity index (χ0v) is 13.6. The van der Waals surface area contributed by atoms with Gasteiger partial charge in [0, 0.05) is 24.9 Å². The minimum absolute atomic E-state index is 0.00587. The largest absolute Gasteiger partial charge is 0.443 e. The Kier molecular flexibility index (Phi) is 6.21. The van der Waals surface area contributed by atoms with E-state index in [0.717, 1.165) is 0 Å². The Morgan fingerprint density at radius 2 is 1.96 bits per heavy atom. The van der Waals surface area contributed by atoms with E-state index >= 15 is 0 Å². The lowest BCUT2D eigenvalue weighted by Gasteiger charge is -2.19. The second-order valence-corrected chi connectivity index (χ2v) is 5.14. The summed E-state index contributed by atoms with van der Waals surface area (Å²) in [5.74, 6) is -1.92. The fourth-order valence-corrected chi connectivity index (χ4v) is 2.08. The van der Waals surface area contributed by atoms with E-state index in [1.165, 1.54) is 0 Å². The molecule has 132 valence electrons. The van der Waals surface area contributed by atoms with Gasteiger partial charge in [-0.25, -0.2) is 15.0 Å². The van der Waals surface area contributed by atoms with Crippen LogP contribution in [-0.2, 0) is 19.1 Å². The number of nitrogens with one attached hydrogen (secondary N) is 3. The van der Waals surface area contributed by atoms with Crippen LogP contribution in [0.15, 0.2) is 35.4 Å². The summed E-state index contributed by atoms with van der Waals surface area (Å²) < 4.78 is 5.24. The van der Waals surface area contributed by atoms with Crippen molar-refractivity contribution in [3.63, 3.8) is 0 Å². The molecular weight excluding hydrogens is 328 g/mol. The molecule has 9 heteroatoms. The molecule has 0 saturated carbocycles. The number of imide groups is 1. The molecule has 1 heterocycles. The molecule has 1 aliphatic rings. The molecule has 9 nitrogen and oxygen atoms in total. The van der Waals surface area contributed by atoms with Crippen LogP contribution in [0, 0.1) is 0 Å². The molecule has 0 aliphatic carbocycles. The second kappa shape index (κ2) is 8.57. The third-order valence-electron chi connectivity index (χ3n) is 3.28. The number of carbonyl (C=O) groups excluding carboxylic acids is 4. The molecule has 25 heavy (non-hydrogen) atoms. The van der Waals surface area contributed by atoms with E-state index in [-0.39, 0.29) is 24.5 Å². The van der Waals surface area contributed by atoms with E-state index in [1.54, 1.807) is 37.3 Å². The van der Waals surface area contributed by atoms with Gasteiger partial charge in [-0.1, -0.05) is 30.3 Å². The highest BCUT2D eigenvalue weighted by molar-refractivity contribution is 6.37. The van der Waals surface area contributed by atoms with E-state index < -0.39 is 24.0 Å². The summed E-state index contributed by atoms with van der Waals surface area (Å²) in [6, 6.07) is 7.60. The number of carbonyl (C=O) groups is 4. The van der Waals surface area contributed by atoms with E-state index in [0.29, 0.717) is 12.1 Å². The van der Waals surface area contributed by atoms with Crippen molar-refractivity contribution in [1.82, 2.24) is 16.1 Å². The lowest BCUT2D eigenvalue weighted by atomic mass is 10.1. The monoisotopic (exact) mass is 346 g/mol. The van der Waals surface area contributed by atoms with Crippen molar-refractivity contribution in [2.45, 2.75) is 25.9 Å². The second-order valence-electron chi connectivity index (χ2n) is 5.14. The van der Waals surface area contributed by atoms with Crippen LogP contribution < -0.4 is 16.1 Å². The quantitative estimate of drug-likeness (QED) is 0.665. The summed E-state index contributed by atoms with van der Waals surface area (Å²) in [5, 5.41) is 8.18. The zero-order chi connectivity index (χ0) is 18.2. The van der Waals surface area contributed by atoms with Gasteiger partial charge in [0.2, 0.25) is 12.0 Å². The first-order chi connectivity index (χ1) is 12.0. The summed E-state index contributed by atoms with van der Waals surface area (Å²) in [6.07, 6.45) is -1.10. The lowest BCUT2D eigenvalue weighted by Crippen LogP contribution is -2.43. The molecule has 0 radical (unpaired) electrons. The minimum atomic E-state index is -1.32. The maximum absolute atomic E-state index is 12.3. The molecular formula is C16H18N4O5. The summed E-state index contributed by atoms with van der Waals surface area (Å²) >= 11 is 0. The Bertz CT molecular complexity index is 702. The standard InChI is InChI=1S/C16H18N4O5/c1-2-17-16(24)18-14(22)13(10-6-4-3-5-7-10)25-15(23)11-8-9-12(21)20-19-11/h3-7,13H,2,8-9H2,1H3,(H,20,21)(H2,17,18,22,24)/t13-/m0/s1. The van der Waals surface area contributed by atoms with Gasteiger partial charge >= 0.3 is 12.0 Å². The van der Waals surface area contributed by atoms with Crippen molar-refractivity contribution in [3.05, 3.63) is 35.9 Å². The Balaban J connectivity index is 2.14. The van der Waals surface area contributed by atoms with Crippen molar-refractivity contribution in [2.24, 2.45) is 5.10 Å². The zero-order valence-electron chi connectivity index (χ0n) is 13.6. The van der Waals surface area contributed by atoms with Gasteiger partial charge in [-0.05, 0) is 6.92 Å². The number of esters is 1. The molecule has 1 aromatic rings. The SMILES string of the molecule is CCNC(=O)NC(=O)[C@@H](OC(=O)C1=NNC(=O)CC1)c1ccccc1. The molecule has 0 unspecified atom stereocenters. The van der Waals surface area contributed by atoms with Gasteiger partial charge in [0.1, 0.15) is 5.71 Å². The normalized spacial score (nSPS) is 14.6. The number of hydrazone groups is 1. The number of rotatable bonds is 5. The first kappa shape index (κ1) is 18.1. The smallest absolute Gasteiger partial charge is 0.355 e. The molecule has 1 aromatic carbocycles. The summed E-state index contributed by atoms with van der Waals surface area (Å²) in [4.78, 5) is 47.2. The lowest BCUT2D eigenvalue weighted by molar-refractivity contribution is -0.150. The van der Waals surface area contributed by atoms with E-state index in [1.807, 2.05) is 0 Å². The summed E-state index contributed by atoms with van der Waals surface area (Å²) in [7, 11) is 0. The van der Waals surface area contributed by atoms with Gasteiger partial charge in [-0.3, -0.25) is 14.9 Å². The fraction of sp³-hybridized carbons (Fsp3) is 0.312. The van der Waals surface area contributed by atoms with Crippen LogP contribution in [0.2, 0.25) is 0 Å². The molecule has 0 aromatic heterocycles. The highest BCUT2D eigenvalue weighted by atomic mass is 16.5. The number of hydrogen-bond donors (Lipinski definition) is 3. The predicted molar refractivity (Wildman–Crippen MR) is 87.3 cm³/mol. The molecule has 0 fully saturated rings. The van der Waals surface area contributed by atoms with E-state index in [4.69, 9.17) is 4.74 Å². The molecule has 1 atom stereocenters. The summed E-state index contributed by atoms with van der Waals surface area (Å²) in [5.41, 5.74) is 2.59. The van der Waals surface area contributed by atoms with E-state index in [9.17, 15) is 19.2 Å². The van der Waals surface area contributed by atoms with Gasteiger partial charge < -0.3 is 10.1 Å². The number of benzene rings is 1. The van der Waals surface area contributed by atoms with Crippen molar-refractivity contribution in [1.29, 1.82) is 0 Å².